The smallest absolute Gasteiger partial charge is 0.306 e. The second-order valence-electron chi connectivity index (χ2n) is 14.6. The van der Waals surface area contributed by atoms with Crippen molar-refractivity contribution in [1.29, 1.82) is 0 Å². The lowest BCUT2D eigenvalue weighted by molar-refractivity contribution is -0.894. The van der Waals surface area contributed by atoms with Crippen LogP contribution in [0, 0.1) is 0 Å². The molecule has 0 saturated carbocycles. The van der Waals surface area contributed by atoms with E-state index < -0.39 is 12.1 Å². The van der Waals surface area contributed by atoms with Gasteiger partial charge in [0.25, 0.3) is 5.97 Å². The normalized spacial score (nSPS) is 16.7. The van der Waals surface area contributed by atoms with Gasteiger partial charge in [0.1, 0.15) is 32.9 Å². The zero-order chi connectivity index (χ0) is 34.5. The van der Waals surface area contributed by atoms with Crippen LogP contribution in [0.25, 0.3) is 0 Å². The molecule has 8 nitrogen and oxygen atoms in total. The second kappa shape index (κ2) is 28.6. The number of rotatable bonds is 30. The van der Waals surface area contributed by atoms with Crippen molar-refractivity contribution < 1.29 is 37.8 Å². The fraction of sp³-hybridized carbons (Fsp3) is 0.949. The first-order valence-electron chi connectivity index (χ1n) is 19.8. The Labute approximate surface area is 289 Å². The minimum atomic E-state index is -1.24. The zero-order valence-electron chi connectivity index (χ0n) is 31.6. The standard InChI is InChI=1S/C39H76NO7/c1-6-8-10-12-14-16-18-20-22-24-26-28-37(41)43-34-36(35-46-39(3)44-32-30-40(4,5)31-33-45-39)47-38(42)29-27-25-23-21-19-17-15-13-11-9-7-2/h36H,6-35H2,1-5H3/q+1. The van der Waals surface area contributed by atoms with Crippen molar-refractivity contribution in [2.24, 2.45) is 0 Å². The van der Waals surface area contributed by atoms with E-state index in [4.69, 9.17) is 23.7 Å². The van der Waals surface area contributed by atoms with Gasteiger partial charge < -0.3 is 28.2 Å². The number of quaternary nitrogens is 1. The van der Waals surface area contributed by atoms with Gasteiger partial charge in [-0.15, -0.1) is 0 Å². The first kappa shape index (κ1) is 43.8. The summed E-state index contributed by atoms with van der Waals surface area (Å²) in [6, 6.07) is 0. The van der Waals surface area contributed by atoms with Crippen LogP contribution in [0.15, 0.2) is 0 Å². The number of ether oxygens (including phenoxy) is 5. The van der Waals surface area contributed by atoms with E-state index in [0.29, 0.717) is 26.1 Å². The highest BCUT2D eigenvalue weighted by Gasteiger charge is 2.33. The Balaban J connectivity index is 2.38. The Kier molecular flexibility index (Phi) is 26.7. The van der Waals surface area contributed by atoms with Crippen molar-refractivity contribution in [3.63, 3.8) is 0 Å². The summed E-state index contributed by atoms with van der Waals surface area (Å²) in [5.41, 5.74) is 0. The monoisotopic (exact) mass is 671 g/mol. The van der Waals surface area contributed by atoms with Gasteiger partial charge in [-0.05, 0) is 12.8 Å². The van der Waals surface area contributed by atoms with Gasteiger partial charge in [0.2, 0.25) is 0 Å². The summed E-state index contributed by atoms with van der Waals surface area (Å²) < 4.78 is 30.1. The maximum absolute atomic E-state index is 12.8. The molecule has 1 fully saturated rings. The number of nitrogens with zero attached hydrogens (tertiary/aromatic N) is 1. The lowest BCUT2D eigenvalue weighted by Crippen LogP contribution is -2.51. The molecule has 0 aromatic heterocycles. The van der Waals surface area contributed by atoms with E-state index in [9.17, 15) is 9.59 Å². The van der Waals surface area contributed by atoms with Gasteiger partial charge in [-0.25, -0.2) is 0 Å². The number of esters is 2. The Morgan fingerprint density at radius 2 is 0.979 bits per heavy atom. The van der Waals surface area contributed by atoms with E-state index in [2.05, 4.69) is 27.9 Å². The Hall–Kier alpha value is -1.22. The topological polar surface area (TPSA) is 80.3 Å². The third-order valence-electron chi connectivity index (χ3n) is 9.35. The first-order chi connectivity index (χ1) is 22.7. The average Bonchev–Trinajstić information content (AvgIpc) is 3.03. The summed E-state index contributed by atoms with van der Waals surface area (Å²) in [5.74, 6) is -1.77. The van der Waals surface area contributed by atoms with Gasteiger partial charge in [-0.2, -0.15) is 0 Å². The van der Waals surface area contributed by atoms with Crippen molar-refractivity contribution in [1.82, 2.24) is 0 Å². The molecular formula is C39H76NO7+. The van der Waals surface area contributed by atoms with Crippen LogP contribution in [0.3, 0.4) is 0 Å². The molecule has 1 aliphatic heterocycles. The maximum Gasteiger partial charge on any atom is 0.306 e. The van der Waals surface area contributed by atoms with Gasteiger partial charge in [0.05, 0.1) is 20.7 Å². The van der Waals surface area contributed by atoms with Crippen molar-refractivity contribution in [3.8, 4) is 0 Å². The van der Waals surface area contributed by atoms with Gasteiger partial charge >= 0.3 is 11.9 Å². The van der Waals surface area contributed by atoms with Crippen LogP contribution in [0.4, 0.5) is 0 Å². The molecule has 1 saturated heterocycles. The van der Waals surface area contributed by atoms with Gasteiger partial charge in [-0.1, -0.05) is 142 Å². The van der Waals surface area contributed by atoms with Crippen LogP contribution in [0.2, 0.25) is 0 Å². The Morgan fingerprint density at radius 1 is 0.596 bits per heavy atom. The van der Waals surface area contributed by atoms with Crippen LogP contribution >= 0.6 is 0 Å². The number of carbonyl (C=O) groups is 2. The number of carbonyl (C=O) groups excluding carboxylic acids is 2. The number of unbranched alkanes of at least 4 members (excludes halogenated alkanes) is 20. The zero-order valence-corrected chi connectivity index (χ0v) is 31.6. The van der Waals surface area contributed by atoms with Crippen LogP contribution in [0.1, 0.15) is 175 Å². The highest BCUT2D eigenvalue weighted by Crippen LogP contribution is 2.20. The molecule has 0 spiro atoms. The maximum atomic E-state index is 12.8. The molecule has 278 valence electrons. The lowest BCUT2D eigenvalue weighted by atomic mass is 10.1. The molecule has 1 heterocycles. The van der Waals surface area contributed by atoms with Gasteiger partial charge in [-0.3, -0.25) is 9.59 Å². The third-order valence-corrected chi connectivity index (χ3v) is 9.35. The van der Waals surface area contributed by atoms with E-state index in [1.54, 1.807) is 6.92 Å². The molecule has 0 aromatic carbocycles. The summed E-state index contributed by atoms with van der Waals surface area (Å²) in [7, 11) is 4.29. The number of likely N-dealkylation sites (N-methyl/N-ethyl adjacent to an activating group) is 1. The molecular weight excluding hydrogens is 594 g/mol. The van der Waals surface area contributed by atoms with Crippen molar-refractivity contribution in [2.45, 2.75) is 187 Å². The van der Waals surface area contributed by atoms with Crippen LogP contribution in [0.5, 0.6) is 0 Å². The minimum Gasteiger partial charge on any atom is -0.462 e. The van der Waals surface area contributed by atoms with Crippen LogP contribution in [-0.2, 0) is 33.3 Å². The number of hydrogen-bond donors (Lipinski definition) is 0. The summed E-state index contributed by atoms with van der Waals surface area (Å²) in [4.78, 5) is 25.3. The first-order valence-corrected chi connectivity index (χ1v) is 19.8. The largest absolute Gasteiger partial charge is 0.462 e. The second-order valence-corrected chi connectivity index (χ2v) is 14.6. The molecule has 47 heavy (non-hydrogen) atoms. The lowest BCUT2D eigenvalue weighted by Gasteiger charge is -2.37. The third kappa shape index (κ3) is 26.3. The summed E-state index contributed by atoms with van der Waals surface area (Å²) in [5, 5.41) is 0. The van der Waals surface area contributed by atoms with Gasteiger partial charge in [0, 0.05) is 19.8 Å². The molecule has 0 bridgehead atoms. The molecule has 8 heteroatoms. The minimum absolute atomic E-state index is 0.0269. The Morgan fingerprint density at radius 3 is 1.40 bits per heavy atom. The fourth-order valence-electron chi connectivity index (χ4n) is 5.92. The molecule has 1 rings (SSSR count). The highest BCUT2D eigenvalue weighted by atomic mass is 16.9. The summed E-state index contributed by atoms with van der Waals surface area (Å²) in [6.45, 7) is 8.92. The van der Waals surface area contributed by atoms with Crippen LogP contribution < -0.4 is 0 Å². The van der Waals surface area contributed by atoms with E-state index in [1.165, 1.54) is 103 Å². The van der Waals surface area contributed by atoms with Crippen molar-refractivity contribution in [2.75, 3.05) is 53.6 Å². The quantitative estimate of drug-likeness (QED) is 0.0428. The van der Waals surface area contributed by atoms with Crippen molar-refractivity contribution >= 4 is 11.9 Å². The van der Waals surface area contributed by atoms with Gasteiger partial charge in [0.15, 0.2) is 6.10 Å². The molecule has 0 aliphatic carbocycles. The summed E-state index contributed by atoms with van der Waals surface area (Å²) >= 11 is 0. The molecule has 0 radical (unpaired) electrons. The molecule has 1 aliphatic rings. The molecule has 0 aromatic rings. The van der Waals surface area contributed by atoms with Crippen LogP contribution in [-0.4, -0.2) is 82.1 Å². The predicted octanol–water partition coefficient (Wildman–Crippen LogP) is 9.66. The molecule has 1 unspecified atom stereocenters. The van der Waals surface area contributed by atoms with Crippen molar-refractivity contribution in [3.05, 3.63) is 0 Å². The predicted molar refractivity (Wildman–Crippen MR) is 191 cm³/mol. The van der Waals surface area contributed by atoms with E-state index in [-0.39, 0.29) is 25.2 Å². The number of hydrogen-bond acceptors (Lipinski definition) is 7. The van der Waals surface area contributed by atoms with E-state index in [0.717, 1.165) is 56.1 Å². The molecule has 0 amide bonds. The summed E-state index contributed by atoms with van der Waals surface area (Å²) in [6.07, 6.45) is 27.1. The highest BCUT2D eigenvalue weighted by molar-refractivity contribution is 5.70. The molecule has 0 N–H and O–H groups in total. The SMILES string of the molecule is CCCCCCCCCCCCCC(=O)OCC(COC1(C)OCC[N+](C)(C)CCO1)OC(=O)CCCCCCCCCCCCC. The fourth-order valence-corrected chi connectivity index (χ4v) is 5.92. The van der Waals surface area contributed by atoms with E-state index in [1.807, 2.05) is 0 Å². The Bertz CT molecular complexity index is 748. The van der Waals surface area contributed by atoms with E-state index >= 15 is 0 Å². The average molecular weight is 671 g/mol. The molecule has 1 atom stereocenters.